The molecule has 5 aliphatic rings. The maximum Gasteiger partial charge on any atom is 0.303 e. The van der Waals surface area contributed by atoms with Gasteiger partial charge in [-0.1, -0.05) is 222 Å². The molecule has 10 unspecified atom stereocenters. The van der Waals surface area contributed by atoms with Crippen LogP contribution in [0.3, 0.4) is 0 Å². The molecule has 4 heterocycles. The van der Waals surface area contributed by atoms with Gasteiger partial charge in [0.1, 0.15) is 48.8 Å². The summed E-state index contributed by atoms with van der Waals surface area (Å²) in [6.07, 6.45) is -12.2. The Bertz CT molecular complexity index is 3310. The van der Waals surface area contributed by atoms with E-state index in [0.717, 1.165) is 33.4 Å². The number of ether oxygens (including phenoxy) is 15. The normalized spacial score (nSPS) is 32.8. The Kier molecular flexibility index (Phi) is 24.8. The van der Waals surface area contributed by atoms with Crippen molar-refractivity contribution in [2.75, 3.05) is 19.8 Å². The van der Waals surface area contributed by atoms with Crippen LogP contribution in [0.4, 0.5) is 0 Å². The van der Waals surface area contributed by atoms with Gasteiger partial charge in [0.25, 0.3) is 0 Å². The maximum absolute atomic E-state index is 12.8. The highest BCUT2D eigenvalue weighted by molar-refractivity contribution is 5.66. The van der Waals surface area contributed by atoms with E-state index in [4.69, 9.17) is 71.1 Å². The van der Waals surface area contributed by atoms with Crippen molar-refractivity contribution in [3.8, 4) is 0 Å². The Morgan fingerprint density at radius 1 is 0.411 bits per heavy atom. The number of carbonyl (C=O) groups excluding carboxylic acids is 1. The summed E-state index contributed by atoms with van der Waals surface area (Å²) in [4.78, 5) is 16.2. The van der Waals surface area contributed by atoms with Crippen molar-refractivity contribution < 1.29 is 75.8 Å². The lowest BCUT2D eigenvalue weighted by molar-refractivity contribution is -0.354. The van der Waals surface area contributed by atoms with E-state index in [-0.39, 0.29) is 76.0 Å². The fourth-order valence-electron chi connectivity index (χ4n) is 13.6. The third-order valence-corrected chi connectivity index (χ3v) is 19.2. The van der Waals surface area contributed by atoms with Crippen LogP contribution in [0.2, 0.25) is 0 Å². The van der Waals surface area contributed by atoms with Crippen molar-refractivity contribution in [3.05, 3.63) is 226 Å². The molecule has 11 rings (SSSR count). The highest BCUT2D eigenvalue weighted by atomic mass is 16.8. The molecule has 19 heteroatoms. The standard InChI is InChI=1S/C76H93N3O16/c1-48-50(3)65(83-41-56-31-19-11-20-32-56)75(90-61(48)47-87-74-66(88-53(6)80)51(4)49(2)60(89-74)45-81-39-54-27-15-9-16-28-54)92-64-52(5)63(78-79-77)73(91-62(64)46-82-40-55-29-17-10-18-30-55)93-70-68(85-43-58-35-23-13-24-36-58)67(84-42-57-33-21-12-22-34-57)69(71-72(70)95-76(7,8)94-71)86-44-59-37-25-14-26-38-59/h9-38,48-52,60-75H,39-47H2,1-8H3/t48-,49-,50+,51+,52-,60?,61?,62?,63?,64-,65?,66?,67?,68?,69?,70?,71+,72+,73+,74-,75+/m1/s1. The summed E-state index contributed by atoms with van der Waals surface area (Å²) in [6.45, 7) is 17.4. The van der Waals surface area contributed by atoms with Crippen LogP contribution in [0.25, 0.3) is 10.4 Å². The van der Waals surface area contributed by atoms with E-state index in [9.17, 15) is 10.3 Å². The Hall–Kier alpha value is -6.46. The minimum Gasteiger partial charge on any atom is -0.457 e. The Morgan fingerprint density at radius 3 is 1.24 bits per heavy atom. The topological polar surface area (TPSA) is 204 Å². The second-order valence-electron chi connectivity index (χ2n) is 26.3. The van der Waals surface area contributed by atoms with Gasteiger partial charge in [-0.05, 0) is 76.4 Å². The number of carbonyl (C=O) groups is 1. The minimum atomic E-state index is -1.24. The fourth-order valence-corrected chi connectivity index (χ4v) is 13.6. The predicted octanol–water partition coefficient (Wildman–Crippen LogP) is 13.0. The average Bonchev–Trinajstić information content (AvgIpc) is 1.66. The number of hydrogen-bond acceptors (Lipinski definition) is 17. The molecule has 0 amide bonds. The molecule has 0 spiro atoms. The smallest absolute Gasteiger partial charge is 0.303 e. The van der Waals surface area contributed by atoms with E-state index in [1.807, 2.05) is 210 Å². The monoisotopic (exact) mass is 1300 g/mol. The van der Waals surface area contributed by atoms with Gasteiger partial charge in [0, 0.05) is 17.8 Å². The van der Waals surface area contributed by atoms with Crippen molar-refractivity contribution in [1.82, 2.24) is 0 Å². The maximum atomic E-state index is 12.8. The molecular formula is C76H93N3O16. The largest absolute Gasteiger partial charge is 0.457 e. The summed E-state index contributed by atoms with van der Waals surface area (Å²) < 4.78 is 104. The molecule has 95 heavy (non-hydrogen) atoms. The number of fused-ring (bicyclic) bond motifs is 1. The van der Waals surface area contributed by atoms with Crippen molar-refractivity contribution in [2.45, 2.75) is 199 Å². The Balaban J connectivity index is 0.907. The van der Waals surface area contributed by atoms with E-state index in [1.54, 1.807) is 0 Å². The number of rotatable bonds is 29. The van der Waals surface area contributed by atoms with Crippen LogP contribution < -0.4 is 0 Å². The lowest BCUT2D eigenvalue weighted by atomic mass is 9.82. The molecule has 4 aliphatic heterocycles. The zero-order chi connectivity index (χ0) is 66.3. The summed E-state index contributed by atoms with van der Waals surface area (Å²) in [7, 11) is 0. The third kappa shape index (κ3) is 18.2. The third-order valence-electron chi connectivity index (χ3n) is 19.2. The second-order valence-corrected chi connectivity index (χ2v) is 26.3. The molecule has 19 nitrogen and oxygen atoms in total. The van der Waals surface area contributed by atoms with Crippen molar-refractivity contribution in [1.29, 1.82) is 0 Å². The van der Waals surface area contributed by atoms with Gasteiger partial charge in [-0.25, -0.2) is 0 Å². The van der Waals surface area contributed by atoms with Gasteiger partial charge in [-0.15, -0.1) is 0 Å². The molecular weight excluding hydrogens is 1210 g/mol. The van der Waals surface area contributed by atoms with Crippen molar-refractivity contribution >= 4 is 5.97 Å². The first-order chi connectivity index (χ1) is 46.2. The van der Waals surface area contributed by atoms with Gasteiger partial charge >= 0.3 is 5.97 Å². The number of esters is 1. The number of nitrogens with zero attached hydrogens (tertiary/aromatic N) is 3. The molecule has 6 aromatic carbocycles. The van der Waals surface area contributed by atoms with E-state index in [0.29, 0.717) is 13.2 Å². The first-order valence-corrected chi connectivity index (χ1v) is 33.5. The molecule has 5 fully saturated rings. The average molecular weight is 1300 g/mol. The van der Waals surface area contributed by atoms with Crippen molar-refractivity contribution in [3.63, 3.8) is 0 Å². The van der Waals surface area contributed by atoms with Gasteiger partial charge in [0.2, 0.25) is 0 Å². The van der Waals surface area contributed by atoms with Crippen LogP contribution in [0.5, 0.6) is 0 Å². The molecule has 1 saturated carbocycles. The molecule has 1 aliphatic carbocycles. The van der Waals surface area contributed by atoms with Gasteiger partial charge in [-0.2, -0.15) is 0 Å². The minimum absolute atomic E-state index is 0.0202. The molecule has 508 valence electrons. The van der Waals surface area contributed by atoms with Gasteiger partial charge in [0.05, 0.1) is 83.8 Å². The summed E-state index contributed by atoms with van der Waals surface area (Å²) >= 11 is 0. The quantitative estimate of drug-likeness (QED) is 0.0185. The molecule has 0 radical (unpaired) electrons. The molecule has 0 aromatic heterocycles. The van der Waals surface area contributed by atoms with Crippen LogP contribution in [-0.2, 0) is 115 Å². The highest BCUT2D eigenvalue weighted by Crippen LogP contribution is 2.46. The van der Waals surface area contributed by atoms with E-state index >= 15 is 0 Å². The Morgan fingerprint density at radius 2 is 0.779 bits per heavy atom. The van der Waals surface area contributed by atoms with Gasteiger partial charge in [0.15, 0.2) is 30.8 Å². The zero-order valence-electron chi connectivity index (χ0n) is 55.7. The molecule has 4 saturated heterocycles. The molecule has 6 aromatic rings. The number of hydrogen-bond donors (Lipinski definition) is 0. The molecule has 0 N–H and O–H groups in total. The SMILES string of the molecule is CC(=O)OC1[C@H](OCC2O[C@@H](O[C@H]3C(COCc4ccccc4)O[C@@H](OC4C(OCc5ccccc5)C(OCc5ccccc5)C(OCc5ccccc5)[C@@H]5OC(C)(C)O[C@@H]45)C(N=[N+]=[N-])[C@H]3C)C(OCc3ccccc3)[C@@H](C)[C@H]2C)OC(COCc2ccccc2)[C@H](C)[C@@H]1C. The van der Waals surface area contributed by atoms with Gasteiger partial charge < -0.3 is 71.1 Å². The highest BCUT2D eigenvalue weighted by Gasteiger charge is 2.62. The first kappa shape index (κ1) is 69.9. The molecule has 21 atom stereocenters. The van der Waals surface area contributed by atoms with Crippen LogP contribution in [0.1, 0.15) is 88.8 Å². The van der Waals surface area contributed by atoms with E-state index in [2.05, 4.69) is 30.8 Å². The van der Waals surface area contributed by atoms with Crippen LogP contribution >= 0.6 is 0 Å². The van der Waals surface area contributed by atoms with E-state index in [1.165, 1.54) is 6.92 Å². The number of benzene rings is 6. The Labute approximate surface area is 558 Å². The first-order valence-electron chi connectivity index (χ1n) is 33.5. The number of azide groups is 1. The fraction of sp³-hybridized carbons (Fsp3) is 0.513. The van der Waals surface area contributed by atoms with Crippen LogP contribution in [0.15, 0.2) is 187 Å². The lowest BCUT2D eigenvalue weighted by Gasteiger charge is -2.51. The predicted molar refractivity (Wildman–Crippen MR) is 352 cm³/mol. The lowest BCUT2D eigenvalue weighted by Crippen LogP contribution is -2.67. The summed E-state index contributed by atoms with van der Waals surface area (Å²) in [5.74, 6) is -2.70. The zero-order valence-corrected chi connectivity index (χ0v) is 55.7. The van der Waals surface area contributed by atoms with E-state index < -0.39 is 110 Å². The summed E-state index contributed by atoms with van der Waals surface area (Å²) in [5, 5.41) is 4.51. The van der Waals surface area contributed by atoms with Crippen LogP contribution in [0, 0.1) is 29.6 Å². The second kappa shape index (κ2) is 33.7. The van der Waals surface area contributed by atoms with Crippen molar-refractivity contribution in [2.24, 2.45) is 34.7 Å². The van der Waals surface area contributed by atoms with Crippen LogP contribution in [-0.4, -0.2) is 130 Å². The summed E-state index contributed by atoms with van der Waals surface area (Å²) in [6, 6.07) is 58.6. The molecule has 0 bridgehead atoms. The van der Waals surface area contributed by atoms with Gasteiger partial charge in [-0.3, -0.25) is 4.79 Å². The summed E-state index contributed by atoms with van der Waals surface area (Å²) in [5.41, 5.74) is 16.5.